The van der Waals surface area contributed by atoms with Gasteiger partial charge in [-0.25, -0.2) is 0 Å². The van der Waals surface area contributed by atoms with Crippen molar-refractivity contribution < 1.29 is 0 Å². The Labute approximate surface area is 176 Å². The zero-order valence-electron chi connectivity index (χ0n) is 18.2. The van der Waals surface area contributed by atoms with E-state index in [4.69, 9.17) is 0 Å². The van der Waals surface area contributed by atoms with Crippen LogP contribution in [0.25, 0.3) is 6.08 Å². The molecule has 2 unspecified atom stereocenters. The first-order chi connectivity index (χ1) is 14.1. The molecule has 0 bridgehead atoms. The quantitative estimate of drug-likeness (QED) is 0.375. The topological polar surface area (TPSA) is 3.24 Å². The Balaban J connectivity index is 2.05. The number of hydrogen-bond donors (Lipinski definition) is 0. The highest BCUT2D eigenvalue weighted by Crippen LogP contribution is 2.36. The van der Waals surface area contributed by atoms with E-state index in [-0.39, 0.29) is 0 Å². The average Bonchev–Trinajstić information content (AvgIpc) is 2.79. The summed E-state index contributed by atoms with van der Waals surface area (Å²) in [4.78, 5) is 2.33. The Hall–Kier alpha value is -2.80. The summed E-state index contributed by atoms with van der Waals surface area (Å²) in [6, 6.07) is 26.6. The minimum absolute atomic E-state index is 0.580. The van der Waals surface area contributed by atoms with Crippen LogP contribution in [0.4, 0.5) is 17.1 Å². The second-order valence-electron chi connectivity index (χ2n) is 7.94. The molecule has 3 rings (SSSR count). The lowest BCUT2D eigenvalue weighted by Gasteiger charge is -2.27. The zero-order chi connectivity index (χ0) is 20.8. The summed E-state index contributed by atoms with van der Waals surface area (Å²) in [6.45, 7) is 13.0. The Morgan fingerprint density at radius 2 is 1.21 bits per heavy atom. The first kappa shape index (κ1) is 20.9. The van der Waals surface area contributed by atoms with Gasteiger partial charge < -0.3 is 4.90 Å². The van der Waals surface area contributed by atoms with Crippen LogP contribution < -0.4 is 4.90 Å². The molecule has 150 valence electrons. The monoisotopic (exact) mass is 383 g/mol. The van der Waals surface area contributed by atoms with Crippen LogP contribution in [0.3, 0.4) is 0 Å². The van der Waals surface area contributed by atoms with Gasteiger partial charge in [-0.3, -0.25) is 0 Å². The van der Waals surface area contributed by atoms with Gasteiger partial charge >= 0.3 is 0 Å². The molecule has 3 aromatic rings. The first-order valence-electron chi connectivity index (χ1n) is 10.8. The van der Waals surface area contributed by atoms with E-state index >= 15 is 0 Å². The van der Waals surface area contributed by atoms with E-state index in [1.54, 1.807) is 0 Å². The van der Waals surface area contributed by atoms with E-state index in [9.17, 15) is 0 Å². The Kier molecular flexibility index (Phi) is 6.93. The lowest BCUT2D eigenvalue weighted by atomic mass is 9.97. The third kappa shape index (κ3) is 4.79. The number of hydrogen-bond acceptors (Lipinski definition) is 1. The summed E-state index contributed by atoms with van der Waals surface area (Å²) in [5, 5.41) is 0. The maximum Gasteiger partial charge on any atom is 0.0467 e. The molecule has 1 heteroatoms. The van der Waals surface area contributed by atoms with Gasteiger partial charge in [-0.05, 0) is 77.8 Å². The fraction of sp³-hybridized carbons (Fsp3) is 0.286. The van der Waals surface area contributed by atoms with Crippen LogP contribution in [-0.4, -0.2) is 0 Å². The van der Waals surface area contributed by atoms with Crippen LogP contribution in [0.5, 0.6) is 0 Å². The Bertz CT molecular complexity index is 868. The minimum Gasteiger partial charge on any atom is -0.310 e. The summed E-state index contributed by atoms with van der Waals surface area (Å²) < 4.78 is 0. The minimum atomic E-state index is 0.580. The molecule has 0 heterocycles. The van der Waals surface area contributed by atoms with Crippen LogP contribution in [0.2, 0.25) is 0 Å². The van der Waals surface area contributed by atoms with E-state index in [0.29, 0.717) is 11.8 Å². The molecule has 0 N–H and O–H groups in total. The Morgan fingerprint density at radius 1 is 0.724 bits per heavy atom. The summed E-state index contributed by atoms with van der Waals surface area (Å²) >= 11 is 0. The van der Waals surface area contributed by atoms with Crippen LogP contribution in [-0.2, 0) is 0 Å². The number of benzene rings is 3. The molecule has 0 amide bonds. The molecule has 0 radical (unpaired) electrons. The van der Waals surface area contributed by atoms with Gasteiger partial charge in [-0.2, -0.15) is 0 Å². The molecule has 2 atom stereocenters. The van der Waals surface area contributed by atoms with Crippen molar-refractivity contribution in [2.75, 3.05) is 4.90 Å². The van der Waals surface area contributed by atoms with E-state index < -0.39 is 0 Å². The molecule has 0 saturated heterocycles. The second-order valence-corrected chi connectivity index (χ2v) is 7.94. The highest BCUT2D eigenvalue weighted by atomic mass is 15.1. The number of nitrogens with zero attached hydrogens (tertiary/aromatic N) is 1. The third-order valence-corrected chi connectivity index (χ3v) is 6.03. The van der Waals surface area contributed by atoms with Gasteiger partial charge in [0, 0.05) is 17.1 Å². The molecule has 1 nitrogen and oxygen atoms in total. The molecular formula is C28H33N. The molecule has 0 aliphatic heterocycles. The van der Waals surface area contributed by atoms with Crippen molar-refractivity contribution >= 4 is 23.1 Å². The van der Waals surface area contributed by atoms with Crippen molar-refractivity contribution in [1.82, 2.24) is 0 Å². The van der Waals surface area contributed by atoms with E-state index in [1.165, 1.54) is 22.5 Å². The standard InChI is InChI=1S/C28H33N/c1-6-21(4)24-12-16-26(17-13-24)29(28-11-9-10-23(8-3)20-28)27-18-14-25(15-19-27)22(5)7-2/h8-22H,3,6-7H2,1-2,4-5H3. The molecule has 0 aromatic heterocycles. The van der Waals surface area contributed by atoms with Crippen molar-refractivity contribution in [2.24, 2.45) is 0 Å². The number of anilines is 3. The number of rotatable bonds is 8. The van der Waals surface area contributed by atoms with E-state index in [0.717, 1.165) is 24.1 Å². The maximum absolute atomic E-state index is 3.94. The van der Waals surface area contributed by atoms with Gasteiger partial charge in [-0.15, -0.1) is 0 Å². The molecular weight excluding hydrogens is 350 g/mol. The summed E-state index contributed by atoms with van der Waals surface area (Å²) in [6.07, 6.45) is 4.21. The highest BCUT2D eigenvalue weighted by molar-refractivity contribution is 5.77. The average molecular weight is 384 g/mol. The zero-order valence-corrected chi connectivity index (χ0v) is 18.2. The molecule has 0 fully saturated rings. The van der Waals surface area contributed by atoms with Crippen molar-refractivity contribution in [2.45, 2.75) is 52.4 Å². The summed E-state index contributed by atoms with van der Waals surface area (Å²) in [7, 11) is 0. The summed E-state index contributed by atoms with van der Waals surface area (Å²) in [5.41, 5.74) is 7.41. The lowest BCUT2D eigenvalue weighted by molar-refractivity contribution is 0.733. The van der Waals surface area contributed by atoms with E-state index in [2.05, 4.69) is 112 Å². The predicted molar refractivity (Wildman–Crippen MR) is 129 cm³/mol. The van der Waals surface area contributed by atoms with Gasteiger partial charge in [0.15, 0.2) is 0 Å². The van der Waals surface area contributed by atoms with Gasteiger partial charge in [0.1, 0.15) is 0 Å². The molecule has 29 heavy (non-hydrogen) atoms. The fourth-order valence-electron chi connectivity index (χ4n) is 3.61. The molecule has 0 aliphatic rings. The maximum atomic E-state index is 3.94. The van der Waals surface area contributed by atoms with Gasteiger partial charge in [0.25, 0.3) is 0 Å². The highest BCUT2D eigenvalue weighted by Gasteiger charge is 2.14. The molecule has 0 spiro atoms. The normalized spacial score (nSPS) is 13.0. The SMILES string of the molecule is C=Cc1cccc(N(c2ccc(C(C)CC)cc2)c2ccc(C(C)CC)cc2)c1. The fourth-order valence-corrected chi connectivity index (χ4v) is 3.61. The van der Waals surface area contributed by atoms with Crippen LogP contribution in [0, 0.1) is 0 Å². The molecule has 0 saturated carbocycles. The molecule has 3 aromatic carbocycles. The molecule has 0 aliphatic carbocycles. The van der Waals surface area contributed by atoms with Gasteiger partial charge in [0.05, 0.1) is 0 Å². The van der Waals surface area contributed by atoms with Crippen LogP contribution in [0.1, 0.15) is 69.1 Å². The van der Waals surface area contributed by atoms with Gasteiger partial charge in [0.2, 0.25) is 0 Å². The van der Waals surface area contributed by atoms with Crippen molar-refractivity contribution in [3.8, 4) is 0 Å². The Morgan fingerprint density at radius 3 is 1.62 bits per heavy atom. The van der Waals surface area contributed by atoms with Crippen molar-refractivity contribution in [3.05, 3.63) is 96.1 Å². The third-order valence-electron chi connectivity index (χ3n) is 6.03. The first-order valence-corrected chi connectivity index (χ1v) is 10.8. The van der Waals surface area contributed by atoms with Crippen molar-refractivity contribution in [3.63, 3.8) is 0 Å². The second kappa shape index (κ2) is 9.60. The lowest BCUT2D eigenvalue weighted by Crippen LogP contribution is -2.10. The van der Waals surface area contributed by atoms with Crippen LogP contribution in [0.15, 0.2) is 79.4 Å². The largest absolute Gasteiger partial charge is 0.310 e. The van der Waals surface area contributed by atoms with Crippen molar-refractivity contribution in [1.29, 1.82) is 0 Å². The smallest absolute Gasteiger partial charge is 0.0467 e. The summed E-state index contributed by atoms with van der Waals surface area (Å²) in [5.74, 6) is 1.16. The van der Waals surface area contributed by atoms with E-state index in [1.807, 2.05) is 6.08 Å². The van der Waals surface area contributed by atoms with Crippen LogP contribution >= 0.6 is 0 Å². The van der Waals surface area contributed by atoms with Gasteiger partial charge in [-0.1, -0.05) is 76.7 Å². The predicted octanol–water partition coefficient (Wildman–Crippen LogP) is 8.83.